The van der Waals surface area contributed by atoms with Crippen molar-refractivity contribution < 1.29 is 19.2 Å². The number of para-hydroxylation sites is 1. The number of nitriles is 1. The van der Waals surface area contributed by atoms with Gasteiger partial charge < -0.3 is 15.2 Å². The van der Waals surface area contributed by atoms with Crippen molar-refractivity contribution in [2.24, 2.45) is 5.73 Å². The minimum absolute atomic E-state index is 0.00974. The second-order valence-corrected chi connectivity index (χ2v) is 7.84. The average Bonchev–Trinajstić information content (AvgIpc) is 3.32. The molecule has 0 saturated carbocycles. The quantitative estimate of drug-likeness (QED) is 0.184. The number of nitro benzene ring substituents is 1. The molecule has 4 aromatic rings. The van der Waals surface area contributed by atoms with E-state index in [1.54, 1.807) is 24.3 Å². The molecule has 176 valence electrons. The topological polar surface area (TPSA) is 157 Å². The molecule has 1 aliphatic heterocycles. The first-order chi connectivity index (χ1) is 17.5. The summed E-state index contributed by atoms with van der Waals surface area (Å²) in [5, 5.41) is 28.3. The number of rotatable bonds is 5. The van der Waals surface area contributed by atoms with Crippen LogP contribution in [-0.4, -0.2) is 21.1 Å². The van der Waals surface area contributed by atoms with Gasteiger partial charge in [-0.15, -0.1) is 5.10 Å². The van der Waals surface area contributed by atoms with Crippen LogP contribution in [0.1, 0.15) is 27.4 Å². The van der Waals surface area contributed by atoms with E-state index < -0.39 is 16.8 Å². The molecule has 0 saturated heterocycles. The van der Waals surface area contributed by atoms with Crippen molar-refractivity contribution >= 4 is 11.7 Å². The number of non-ortho nitro benzene ring substituents is 1. The van der Waals surface area contributed by atoms with Crippen molar-refractivity contribution in [1.29, 1.82) is 5.26 Å². The van der Waals surface area contributed by atoms with Gasteiger partial charge in [0.15, 0.2) is 0 Å². The number of hydrogen-bond acceptors (Lipinski definition) is 8. The number of aromatic nitrogens is 2. The van der Waals surface area contributed by atoms with Gasteiger partial charge in [0.25, 0.3) is 5.69 Å². The first-order valence-electron chi connectivity index (χ1n) is 10.7. The summed E-state index contributed by atoms with van der Waals surface area (Å²) in [7, 11) is 0. The number of benzene rings is 3. The Hall–Kier alpha value is -5.43. The molecule has 0 spiro atoms. The van der Waals surface area contributed by atoms with Crippen LogP contribution in [0.4, 0.5) is 5.69 Å². The van der Waals surface area contributed by atoms with Gasteiger partial charge in [-0.3, -0.25) is 15.2 Å². The number of nitrogens with two attached hydrogens (primary N) is 1. The van der Waals surface area contributed by atoms with Crippen molar-refractivity contribution in [3.63, 3.8) is 0 Å². The molecular weight excluding hydrogens is 462 g/mol. The highest BCUT2D eigenvalue weighted by molar-refractivity contribution is 5.92. The first kappa shape index (κ1) is 22.4. The van der Waals surface area contributed by atoms with E-state index in [4.69, 9.17) is 15.2 Å². The van der Waals surface area contributed by atoms with E-state index in [1.807, 2.05) is 30.3 Å². The maximum atomic E-state index is 12.9. The summed E-state index contributed by atoms with van der Waals surface area (Å²) < 4.78 is 11.3. The van der Waals surface area contributed by atoms with E-state index in [2.05, 4.69) is 16.3 Å². The Labute approximate surface area is 204 Å². The number of fused-ring (bicyclic) bond motifs is 1. The summed E-state index contributed by atoms with van der Waals surface area (Å²) in [5.74, 6) is -1.30. The van der Waals surface area contributed by atoms with E-state index >= 15 is 0 Å². The van der Waals surface area contributed by atoms with E-state index in [9.17, 15) is 20.2 Å². The standard InChI is InChI=1S/C26H17N5O5/c27-14-19-21(22-23(15-7-2-1-3-8-15)29-30-25(22)36-24(19)28)18-11-4-5-12-20(18)35-26(32)16-9-6-10-17(13-16)31(33)34/h1-13,21H,28H2,(H,29,30)/t21-/m1/s1. The Morgan fingerprint density at radius 1 is 1.11 bits per heavy atom. The molecular formula is C26H17N5O5. The number of carbonyl (C=O) groups is 1. The number of H-pyrrole nitrogens is 1. The number of ether oxygens (including phenoxy) is 2. The Bertz CT molecular complexity index is 1570. The highest BCUT2D eigenvalue weighted by Crippen LogP contribution is 2.47. The van der Waals surface area contributed by atoms with Crippen LogP contribution in [-0.2, 0) is 0 Å². The summed E-state index contributed by atoms with van der Waals surface area (Å²) >= 11 is 0. The third kappa shape index (κ3) is 3.91. The van der Waals surface area contributed by atoms with E-state index in [0.29, 0.717) is 16.8 Å². The fourth-order valence-electron chi connectivity index (χ4n) is 4.10. The largest absolute Gasteiger partial charge is 0.423 e. The van der Waals surface area contributed by atoms with Crippen LogP contribution < -0.4 is 15.2 Å². The molecule has 0 amide bonds. The lowest BCUT2D eigenvalue weighted by Gasteiger charge is -2.25. The number of esters is 1. The molecule has 1 aromatic heterocycles. The zero-order valence-electron chi connectivity index (χ0n) is 18.5. The fourth-order valence-corrected chi connectivity index (χ4v) is 4.10. The predicted octanol–water partition coefficient (Wildman–Crippen LogP) is 4.42. The molecule has 0 fully saturated rings. The number of allylic oxidation sites excluding steroid dienone is 1. The van der Waals surface area contributed by atoms with Crippen LogP contribution in [0.25, 0.3) is 11.3 Å². The maximum Gasteiger partial charge on any atom is 0.343 e. The van der Waals surface area contributed by atoms with Gasteiger partial charge in [-0.25, -0.2) is 4.79 Å². The van der Waals surface area contributed by atoms with Crippen molar-refractivity contribution in [2.75, 3.05) is 0 Å². The van der Waals surface area contributed by atoms with Crippen LogP contribution in [0.5, 0.6) is 11.6 Å². The maximum absolute atomic E-state index is 12.9. The van der Waals surface area contributed by atoms with Crippen LogP contribution in [0.2, 0.25) is 0 Å². The fraction of sp³-hybridized carbons (Fsp3) is 0.0385. The zero-order chi connectivity index (χ0) is 25.2. The molecule has 0 aliphatic carbocycles. The van der Waals surface area contributed by atoms with E-state index in [0.717, 1.165) is 11.6 Å². The van der Waals surface area contributed by atoms with Gasteiger partial charge in [-0.2, -0.15) is 5.26 Å². The molecule has 10 nitrogen and oxygen atoms in total. The average molecular weight is 479 g/mol. The van der Waals surface area contributed by atoms with Gasteiger partial charge >= 0.3 is 5.97 Å². The number of nitrogens with zero attached hydrogens (tertiary/aromatic N) is 3. The minimum atomic E-state index is -0.788. The number of hydrogen-bond donors (Lipinski definition) is 2. The number of nitrogens with one attached hydrogen (secondary N) is 1. The summed E-state index contributed by atoms with van der Waals surface area (Å²) in [4.78, 5) is 23.5. The lowest BCUT2D eigenvalue weighted by Crippen LogP contribution is -2.22. The van der Waals surface area contributed by atoms with Crippen LogP contribution >= 0.6 is 0 Å². The molecule has 10 heteroatoms. The summed E-state index contributed by atoms with van der Waals surface area (Å²) in [6, 6.07) is 23.4. The summed E-state index contributed by atoms with van der Waals surface area (Å²) in [6.45, 7) is 0. The Morgan fingerprint density at radius 2 is 1.86 bits per heavy atom. The van der Waals surface area contributed by atoms with Crippen molar-refractivity contribution in [1.82, 2.24) is 10.2 Å². The summed E-state index contributed by atoms with van der Waals surface area (Å²) in [5.41, 5.74) is 8.44. The monoisotopic (exact) mass is 479 g/mol. The highest BCUT2D eigenvalue weighted by atomic mass is 16.6. The van der Waals surface area contributed by atoms with E-state index in [1.165, 1.54) is 18.2 Å². The highest BCUT2D eigenvalue weighted by Gasteiger charge is 2.37. The Kier molecular flexibility index (Phi) is 5.64. The molecule has 1 atom stereocenters. The van der Waals surface area contributed by atoms with E-state index in [-0.39, 0.29) is 34.3 Å². The molecule has 0 radical (unpaired) electrons. The van der Waals surface area contributed by atoms with Gasteiger partial charge in [-0.1, -0.05) is 54.6 Å². The lowest BCUT2D eigenvalue weighted by atomic mass is 9.82. The van der Waals surface area contributed by atoms with Gasteiger partial charge in [0.05, 0.1) is 27.7 Å². The Balaban J connectivity index is 1.61. The Morgan fingerprint density at radius 3 is 2.61 bits per heavy atom. The SMILES string of the molecule is N#CC1=C(N)Oc2n[nH]c(-c3ccccc3)c2[C@@H]1c1ccccc1OC(=O)c1cccc([N+](=O)[O-])c1. The smallest absolute Gasteiger partial charge is 0.343 e. The molecule has 5 rings (SSSR count). The molecule has 0 unspecified atom stereocenters. The molecule has 2 heterocycles. The molecule has 0 bridgehead atoms. The third-order valence-electron chi connectivity index (χ3n) is 5.73. The van der Waals surface area contributed by atoms with Gasteiger partial charge in [-0.05, 0) is 17.7 Å². The normalized spacial score (nSPS) is 14.4. The lowest BCUT2D eigenvalue weighted by molar-refractivity contribution is -0.384. The number of nitro groups is 1. The number of aromatic amines is 1. The van der Waals surface area contributed by atoms with Gasteiger partial charge in [0, 0.05) is 17.7 Å². The summed E-state index contributed by atoms with van der Waals surface area (Å²) in [6.07, 6.45) is 0. The third-order valence-corrected chi connectivity index (χ3v) is 5.73. The first-order valence-corrected chi connectivity index (χ1v) is 10.7. The van der Waals surface area contributed by atoms with Gasteiger partial charge in [0.2, 0.25) is 11.8 Å². The predicted molar refractivity (Wildman–Crippen MR) is 128 cm³/mol. The second-order valence-electron chi connectivity index (χ2n) is 7.84. The van der Waals surface area contributed by atoms with Crippen LogP contribution in [0, 0.1) is 21.4 Å². The zero-order valence-corrected chi connectivity index (χ0v) is 18.5. The van der Waals surface area contributed by atoms with Crippen LogP contribution in [0.3, 0.4) is 0 Å². The molecule has 3 aromatic carbocycles. The minimum Gasteiger partial charge on any atom is -0.423 e. The molecule has 36 heavy (non-hydrogen) atoms. The van der Waals surface area contributed by atoms with Gasteiger partial charge in [0.1, 0.15) is 17.4 Å². The van der Waals surface area contributed by atoms with Crippen molar-refractivity contribution in [3.05, 3.63) is 117 Å². The van der Waals surface area contributed by atoms with Crippen molar-refractivity contribution in [3.8, 4) is 29.0 Å². The molecule has 1 aliphatic rings. The van der Waals surface area contributed by atoms with Crippen LogP contribution in [0.15, 0.2) is 90.3 Å². The number of carbonyl (C=O) groups excluding carboxylic acids is 1. The second kappa shape index (κ2) is 9.08. The van der Waals surface area contributed by atoms with Crippen molar-refractivity contribution in [2.45, 2.75) is 5.92 Å². The molecule has 3 N–H and O–H groups in total.